The second-order valence-electron chi connectivity index (χ2n) is 5.48. The average Bonchev–Trinajstić information content (AvgIpc) is 2.65. The second kappa shape index (κ2) is 7.34. The Morgan fingerprint density at radius 2 is 1.89 bits per heavy atom. The molecule has 1 aliphatic rings. The fourth-order valence-electron chi connectivity index (χ4n) is 2.58. The lowest BCUT2D eigenvalue weighted by molar-refractivity contribution is -0.385. The minimum atomic E-state index is -0.671. The summed E-state index contributed by atoms with van der Waals surface area (Å²) in [5.74, 6) is -1.21. The number of nitro benzene ring substituents is 1. The Balaban J connectivity index is 2.03. The molecule has 9 heteroatoms. The van der Waals surface area contributed by atoms with E-state index >= 15 is 0 Å². The number of nitro groups is 1. The van der Waals surface area contributed by atoms with Crippen molar-refractivity contribution in [1.82, 2.24) is 5.32 Å². The predicted molar refractivity (Wildman–Crippen MR) is 102 cm³/mol. The lowest BCUT2D eigenvalue weighted by Crippen LogP contribution is -2.54. The van der Waals surface area contributed by atoms with E-state index in [-0.39, 0.29) is 22.1 Å². The topological polar surface area (TPSA) is 102 Å². The standard InChI is InChI=1S/C18H13N3O5S/c1-26-15-8-7-11(10-14(15)21(24)25)9-13-16(22)19-18(27)20(17(13)23)12-5-3-2-4-6-12/h2-10H,1H3,(H,19,22,27)/b13-9+. The van der Waals surface area contributed by atoms with Crippen molar-refractivity contribution in [3.63, 3.8) is 0 Å². The molecule has 1 saturated heterocycles. The number of para-hydroxylation sites is 1. The molecule has 0 aromatic heterocycles. The van der Waals surface area contributed by atoms with Crippen molar-refractivity contribution in [3.8, 4) is 5.75 Å². The highest BCUT2D eigenvalue weighted by atomic mass is 32.1. The molecule has 1 N–H and O–H groups in total. The van der Waals surface area contributed by atoms with E-state index in [4.69, 9.17) is 17.0 Å². The number of benzene rings is 2. The Morgan fingerprint density at radius 3 is 2.52 bits per heavy atom. The Kier molecular flexibility index (Phi) is 4.95. The van der Waals surface area contributed by atoms with Crippen LogP contribution in [-0.2, 0) is 9.59 Å². The third-order valence-corrected chi connectivity index (χ3v) is 4.11. The second-order valence-corrected chi connectivity index (χ2v) is 5.87. The third kappa shape index (κ3) is 3.53. The fraction of sp³-hybridized carbons (Fsp3) is 0.0556. The summed E-state index contributed by atoms with van der Waals surface area (Å²) in [6, 6.07) is 12.7. The van der Waals surface area contributed by atoms with Crippen LogP contribution in [0, 0.1) is 10.1 Å². The van der Waals surface area contributed by atoms with E-state index in [9.17, 15) is 19.7 Å². The maximum absolute atomic E-state index is 12.8. The third-order valence-electron chi connectivity index (χ3n) is 3.83. The fourth-order valence-corrected chi connectivity index (χ4v) is 2.86. The zero-order valence-electron chi connectivity index (χ0n) is 14.0. The molecule has 2 aromatic carbocycles. The molecular formula is C18H13N3O5S. The average molecular weight is 383 g/mol. The highest BCUT2D eigenvalue weighted by Crippen LogP contribution is 2.29. The van der Waals surface area contributed by atoms with Gasteiger partial charge in [0.05, 0.1) is 17.7 Å². The maximum Gasteiger partial charge on any atom is 0.311 e. The molecule has 2 amide bonds. The number of thiocarbonyl (C=S) groups is 1. The molecule has 2 aromatic rings. The summed E-state index contributed by atoms with van der Waals surface area (Å²) in [6.45, 7) is 0. The van der Waals surface area contributed by atoms with E-state index in [1.807, 2.05) is 0 Å². The van der Waals surface area contributed by atoms with E-state index in [0.29, 0.717) is 11.3 Å². The summed E-state index contributed by atoms with van der Waals surface area (Å²) in [7, 11) is 1.32. The number of nitrogens with one attached hydrogen (secondary N) is 1. The van der Waals surface area contributed by atoms with Crippen molar-refractivity contribution < 1.29 is 19.2 Å². The first-order valence-electron chi connectivity index (χ1n) is 7.71. The number of rotatable bonds is 4. The molecule has 1 fully saturated rings. The van der Waals surface area contributed by atoms with Crippen molar-refractivity contribution in [3.05, 3.63) is 69.8 Å². The number of nitrogens with zero attached hydrogens (tertiary/aromatic N) is 2. The summed E-state index contributed by atoms with van der Waals surface area (Å²) in [4.78, 5) is 36.9. The minimum Gasteiger partial charge on any atom is -0.490 e. The lowest BCUT2D eigenvalue weighted by atomic mass is 10.1. The molecule has 0 aliphatic carbocycles. The first-order valence-corrected chi connectivity index (χ1v) is 8.12. The molecule has 0 radical (unpaired) electrons. The highest BCUT2D eigenvalue weighted by Gasteiger charge is 2.34. The molecule has 8 nitrogen and oxygen atoms in total. The van der Waals surface area contributed by atoms with Crippen LogP contribution in [0.1, 0.15) is 5.56 Å². The van der Waals surface area contributed by atoms with Gasteiger partial charge in [-0.3, -0.25) is 29.9 Å². The minimum absolute atomic E-state index is 0.0333. The molecule has 3 rings (SSSR count). The van der Waals surface area contributed by atoms with Crippen LogP contribution in [0.3, 0.4) is 0 Å². The van der Waals surface area contributed by atoms with Gasteiger partial charge in [0.2, 0.25) is 0 Å². The number of anilines is 1. The van der Waals surface area contributed by atoms with Gasteiger partial charge in [-0.15, -0.1) is 0 Å². The Morgan fingerprint density at radius 1 is 1.19 bits per heavy atom. The van der Waals surface area contributed by atoms with Gasteiger partial charge in [0.1, 0.15) is 5.57 Å². The molecule has 0 spiro atoms. The van der Waals surface area contributed by atoms with Crippen LogP contribution >= 0.6 is 12.2 Å². The Hall–Kier alpha value is -3.59. The van der Waals surface area contributed by atoms with Crippen LogP contribution in [0.4, 0.5) is 11.4 Å². The normalized spacial score (nSPS) is 15.7. The number of hydrogen-bond donors (Lipinski definition) is 1. The summed E-state index contributed by atoms with van der Waals surface area (Å²) in [5, 5.41) is 13.6. The predicted octanol–water partition coefficient (Wildman–Crippen LogP) is 2.43. The van der Waals surface area contributed by atoms with Crippen molar-refractivity contribution >= 4 is 46.6 Å². The van der Waals surface area contributed by atoms with Gasteiger partial charge < -0.3 is 4.74 Å². The summed E-state index contributed by atoms with van der Waals surface area (Å²) in [5.41, 5.74) is 0.346. The summed E-state index contributed by atoms with van der Waals surface area (Å²) >= 11 is 5.11. The van der Waals surface area contributed by atoms with Crippen LogP contribution in [-0.4, -0.2) is 29.0 Å². The van der Waals surface area contributed by atoms with Crippen LogP contribution in [0.15, 0.2) is 54.1 Å². The van der Waals surface area contributed by atoms with Crippen molar-refractivity contribution in [2.75, 3.05) is 12.0 Å². The lowest BCUT2D eigenvalue weighted by Gasteiger charge is -2.28. The van der Waals surface area contributed by atoms with Crippen LogP contribution < -0.4 is 15.0 Å². The number of hydrogen-bond acceptors (Lipinski definition) is 6. The largest absolute Gasteiger partial charge is 0.490 e. The van der Waals surface area contributed by atoms with Crippen LogP contribution in [0.5, 0.6) is 5.75 Å². The zero-order chi connectivity index (χ0) is 19.6. The monoisotopic (exact) mass is 383 g/mol. The molecule has 0 unspecified atom stereocenters. The smallest absolute Gasteiger partial charge is 0.311 e. The van der Waals surface area contributed by atoms with E-state index in [2.05, 4.69) is 5.32 Å². The molecule has 27 heavy (non-hydrogen) atoms. The first-order chi connectivity index (χ1) is 12.9. The molecule has 0 bridgehead atoms. The van der Waals surface area contributed by atoms with Gasteiger partial charge in [0.25, 0.3) is 11.8 Å². The van der Waals surface area contributed by atoms with Crippen LogP contribution in [0.25, 0.3) is 6.08 Å². The SMILES string of the molecule is COc1ccc(/C=C2\C(=O)NC(=S)N(c3ccccc3)C2=O)cc1[N+](=O)[O-]. The molecule has 0 saturated carbocycles. The first kappa shape index (κ1) is 18.2. The van der Waals surface area contributed by atoms with Crippen molar-refractivity contribution in [1.29, 1.82) is 0 Å². The van der Waals surface area contributed by atoms with Crippen LogP contribution in [0.2, 0.25) is 0 Å². The number of carbonyl (C=O) groups is 2. The van der Waals surface area contributed by atoms with E-state index in [1.165, 1.54) is 36.3 Å². The number of amides is 2. The van der Waals surface area contributed by atoms with Gasteiger partial charge in [-0.25, -0.2) is 0 Å². The molecule has 1 heterocycles. The van der Waals surface area contributed by atoms with Gasteiger partial charge in [0.15, 0.2) is 10.9 Å². The molecule has 136 valence electrons. The quantitative estimate of drug-likeness (QED) is 0.286. The highest BCUT2D eigenvalue weighted by molar-refractivity contribution is 7.80. The maximum atomic E-state index is 12.8. The van der Waals surface area contributed by atoms with Gasteiger partial charge in [-0.05, 0) is 42.1 Å². The van der Waals surface area contributed by atoms with E-state index in [0.717, 1.165) is 0 Å². The van der Waals surface area contributed by atoms with Crippen molar-refractivity contribution in [2.45, 2.75) is 0 Å². The zero-order valence-corrected chi connectivity index (χ0v) is 14.9. The molecule has 0 atom stereocenters. The van der Waals surface area contributed by atoms with Gasteiger partial charge in [-0.1, -0.05) is 24.3 Å². The Labute approximate surface area is 159 Å². The van der Waals surface area contributed by atoms with Gasteiger partial charge in [0, 0.05) is 6.07 Å². The Bertz CT molecular complexity index is 988. The van der Waals surface area contributed by atoms with Gasteiger partial charge in [-0.2, -0.15) is 0 Å². The molecular weight excluding hydrogens is 370 g/mol. The summed E-state index contributed by atoms with van der Waals surface area (Å²) in [6.07, 6.45) is 1.28. The molecule has 1 aliphatic heterocycles. The van der Waals surface area contributed by atoms with Crippen molar-refractivity contribution in [2.24, 2.45) is 0 Å². The number of ether oxygens (including phenoxy) is 1. The number of methoxy groups -OCH3 is 1. The number of carbonyl (C=O) groups excluding carboxylic acids is 2. The van der Waals surface area contributed by atoms with E-state index in [1.54, 1.807) is 30.3 Å². The van der Waals surface area contributed by atoms with Gasteiger partial charge >= 0.3 is 5.69 Å². The summed E-state index contributed by atoms with van der Waals surface area (Å²) < 4.78 is 4.95. The van der Waals surface area contributed by atoms with E-state index < -0.39 is 16.7 Å².